The minimum absolute atomic E-state index is 0.0253. The van der Waals surface area contributed by atoms with Crippen LogP contribution in [0.3, 0.4) is 0 Å². The standard InChI is InChI=1S/C11H16BrFN2O3S/c1-7(2-3-16)6-15-19(17,18)11-5-10(14)8(12)4-9(11)13/h4-5,7,15-16H,2-3,6,14H2,1H3. The van der Waals surface area contributed by atoms with Crippen molar-refractivity contribution in [2.24, 2.45) is 5.92 Å². The summed E-state index contributed by atoms with van der Waals surface area (Å²) >= 11 is 3.02. The third-order valence-electron chi connectivity index (χ3n) is 2.58. The number of rotatable bonds is 6. The fourth-order valence-corrected chi connectivity index (χ4v) is 2.98. The van der Waals surface area contributed by atoms with Crippen LogP contribution in [0.5, 0.6) is 0 Å². The number of benzene rings is 1. The lowest BCUT2D eigenvalue weighted by molar-refractivity contribution is 0.263. The summed E-state index contributed by atoms with van der Waals surface area (Å²) in [5.74, 6) is -0.918. The Kier molecular flexibility index (Phi) is 5.72. The van der Waals surface area contributed by atoms with E-state index in [1.165, 1.54) is 0 Å². The zero-order valence-corrected chi connectivity index (χ0v) is 12.8. The van der Waals surface area contributed by atoms with Crippen molar-refractivity contribution in [1.82, 2.24) is 4.72 Å². The van der Waals surface area contributed by atoms with Gasteiger partial charge in [-0.25, -0.2) is 17.5 Å². The number of nitrogen functional groups attached to an aromatic ring is 1. The number of halogens is 2. The SMILES string of the molecule is CC(CCO)CNS(=O)(=O)c1cc(N)c(Br)cc1F. The van der Waals surface area contributed by atoms with Crippen LogP contribution < -0.4 is 10.5 Å². The molecule has 1 atom stereocenters. The van der Waals surface area contributed by atoms with Gasteiger partial charge >= 0.3 is 0 Å². The number of aliphatic hydroxyl groups excluding tert-OH is 1. The minimum atomic E-state index is -3.95. The van der Waals surface area contributed by atoms with E-state index in [-0.39, 0.29) is 24.8 Å². The number of nitrogens with one attached hydrogen (secondary N) is 1. The molecule has 0 bridgehead atoms. The third-order valence-corrected chi connectivity index (χ3v) is 4.71. The van der Waals surface area contributed by atoms with E-state index in [0.29, 0.717) is 10.9 Å². The molecule has 1 unspecified atom stereocenters. The van der Waals surface area contributed by atoms with Gasteiger partial charge in [-0.3, -0.25) is 0 Å². The van der Waals surface area contributed by atoms with Crippen LogP contribution in [-0.2, 0) is 10.0 Å². The van der Waals surface area contributed by atoms with E-state index in [2.05, 4.69) is 20.7 Å². The van der Waals surface area contributed by atoms with E-state index in [0.717, 1.165) is 12.1 Å². The summed E-state index contributed by atoms with van der Waals surface area (Å²) in [4.78, 5) is -0.482. The average Bonchev–Trinajstić information content (AvgIpc) is 2.31. The Bertz CT molecular complexity index is 551. The van der Waals surface area contributed by atoms with Gasteiger partial charge < -0.3 is 10.8 Å². The summed E-state index contributed by atoms with van der Waals surface area (Å²) in [6, 6.07) is 2.08. The maximum atomic E-state index is 13.7. The largest absolute Gasteiger partial charge is 0.398 e. The molecule has 0 radical (unpaired) electrons. The van der Waals surface area contributed by atoms with Gasteiger partial charge in [-0.15, -0.1) is 0 Å². The second kappa shape index (κ2) is 6.65. The second-order valence-electron chi connectivity index (χ2n) is 4.27. The van der Waals surface area contributed by atoms with E-state index >= 15 is 0 Å². The van der Waals surface area contributed by atoms with Gasteiger partial charge in [-0.05, 0) is 40.4 Å². The predicted molar refractivity (Wildman–Crippen MR) is 74.6 cm³/mol. The van der Waals surface area contributed by atoms with E-state index in [1.54, 1.807) is 6.92 Å². The maximum Gasteiger partial charge on any atom is 0.243 e. The van der Waals surface area contributed by atoms with E-state index < -0.39 is 20.7 Å². The predicted octanol–water partition coefficient (Wildman–Crippen LogP) is 1.47. The van der Waals surface area contributed by atoms with Crippen molar-refractivity contribution in [2.45, 2.75) is 18.2 Å². The first kappa shape index (κ1) is 16.4. The number of hydrogen-bond donors (Lipinski definition) is 3. The fraction of sp³-hybridized carbons (Fsp3) is 0.455. The number of anilines is 1. The molecule has 4 N–H and O–H groups in total. The average molecular weight is 355 g/mol. The van der Waals surface area contributed by atoms with Crippen LogP contribution in [0.4, 0.5) is 10.1 Å². The van der Waals surface area contributed by atoms with Gasteiger partial charge in [0.05, 0.1) is 0 Å². The van der Waals surface area contributed by atoms with E-state index in [9.17, 15) is 12.8 Å². The van der Waals surface area contributed by atoms with Crippen molar-refractivity contribution in [3.05, 3.63) is 22.4 Å². The van der Waals surface area contributed by atoms with Crippen LogP contribution in [0.2, 0.25) is 0 Å². The van der Waals surface area contributed by atoms with Gasteiger partial charge in [0, 0.05) is 23.3 Å². The minimum Gasteiger partial charge on any atom is -0.398 e. The normalized spacial score (nSPS) is 13.5. The Morgan fingerprint density at radius 2 is 2.16 bits per heavy atom. The molecular formula is C11H16BrFN2O3S. The van der Waals surface area contributed by atoms with Crippen LogP contribution in [0.15, 0.2) is 21.5 Å². The Hall–Kier alpha value is -0.700. The lowest BCUT2D eigenvalue weighted by Gasteiger charge is -2.13. The van der Waals surface area contributed by atoms with Crippen molar-refractivity contribution >= 4 is 31.6 Å². The molecule has 1 rings (SSSR count). The van der Waals surface area contributed by atoms with Gasteiger partial charge in [0.25, 0.3) is 0 Å². The topological polar surface area (TPSA) is 92.4 Å². The zero-order valence-electron chi connectivity index (χ0n) is 10.4. The molecule has 19 heavy (non-hydrogen) atoms. The molecule has 0 aliphatic heterocycles. The Balaban J connectivity index is 2.92. The molecule has 0 heterocycles. The van der Waals surface area contributed by atoms with Crippen molar-refractivity contribution in [1.29, 1.82) is 0 Å². The summed E-state index contributed by atoms with van der Waals surface area (Å²) in [7, 11) is -3.95. The lowest BCUT2D eigenvalue weighted by atomic mass is 10.1. The van der Waals surface area contributed by atoms with Crippen molar-refractivity contribution in [3.63, 3.8) is 0 Å². The first-order chi connectivity index (χ1) is 8.77. The highest BCUT2D eigenvalue weighted by Gasteiger charge is 2.21. The molecule has 0 aliphatic rings. The molecule has 108 valence electrons. The molecule has 0 fully saturated rings. The van der Waals surface area contributed by atoms with Crippen LogP contribution >= 0.6 is 15.9 Å². The fourth-order valence-electron chi connectivity index (χ4n) is 1.40. The molecule has 0 saturated heterocycles. The van der Waals surface area contributed by atoms with Crippen LogP contribution in [0.1, 0.15) is 13.3 Å². The Labute approximate surface area is 120 Å². The van der Waals surface area contributed by atoms with E-state index in [1.807, 2.05) is 0 Å². The molecule has 5 nitrogen and oxygen atoms in total. The van der Waals surface area contributed by atoms with Gasteiger partial charge in [-0.2, -0.15) is 0 Å². The maximum absolute atomic E-state index is 13.7. The highest BCUT2D eigenvalue weighted by Crippen LogP contribution is 2.26. The van der Waals surface area contributed by atoms with Crippen molar-refractivity contribution in [3.8, 4) is 0 Å². The molecule has 0 amide bonds. The summed E-state index contributed by atoms with van der Waals surface area (Å²) in [6.45, 7) is 1.88. The molecule has 0 spiro atoms. The highest BCUT2D eigenvalue weighted by atomic mass is 79.9. The molecule has 0 saturated carbocycles. The molecular weight excluding hydrogens is 339 g/mol. The van der Waals surface area contributed by atoms with Crippen LogP contribution in [-0.4, -0.2) is 26.7 Å². The first-order valence-corrected chi connectivity index (χ1v) is 7.90. The Morgan fingerprint density at radius 3 is 2.74 bits per heavy atom. The molecule has 0 aromatic heterocycles. The second-order valence-corrected chi connectivity index (χ2v) is 6.86. The summed E-state index contributed by atoms with van der Waals surface area (Å²) in [5, 5.41) is 8.74. The van der Waals surface area contributed by atoms with Gasteiger partial charge in [0.2, 0.25) is 10.0 Å². The number of sulfonamides is 1. The van der Waals surface area contributed by atoms with Gasteiger partial charge in [0.15, 0.2) is 0 Å². The van der Waals surface area contributed by atoms with Crippen LogP contribution in [0, 0.1) is 11.7 Å². The lowest BCUT2D eigenvalue weighted by Crippen LogP contribution is -2.29. The van der Waals surface area contributed by atoms with Crippen molar-refractivity contribution in [2.75, 3.05) is 18.9 Å². The quantitative estimate of drug-likeness (QED) is 0.674. The molecule has 0 aliphatic carbocycles. The smallest absolute Gasteiger partial charge is 0.243 e. The Morgan fingerprint density at radius 1 is 1.53 bits per heavy atom. The monoisotopic (exact) mass is 354 g/mol. The third kappa shape index (κ3) is 4.41. The highest BCUT2D eigenvalue weighted by molar-refractivity contribution is 9.10. The first-order valence-electron chi connectivity index (χ1n) is 5.63. The molecule has 8 heteroatoms. The van der Waals surface area contributed by atoms with Gasteiger partial charge in [-0.1, -0.05) is 6.92 Å². The number of hydrogen-bond acceptors (Lipinski definition) is 4. The van der Waals surface area contributed by atoms with Gasteiger partial charge in [0.1, 0.15) is 10.7 Å². The number of aliphatic hydroxyl groups is 1. The van der Waals surface area contributed by atoms with E-state index in [4.69, 9.17) is 10.8 Å². The summed E-state index contributed by atoms with van der Waals surface area (Å²) in [6.07, 6.45) is 0.466. The van der Waals surface area contributed by atoms with Crippen molar-refractivity contribution < 1.29 is 17.9 Å². The zero-order chi connectivity index (χ0) is 14.6. The summed E-state index contributed by atoms with van der Waals surface area (Å²) < 4.78 is 40.1. The van der Waals surface area contributed by atoms with Crippen LogP contribution in [0.25, 0.3) is 0 Å². The molecule has 1 aromatic carbocycles. The summed E-state index contributed by atoms with van der Waals surface area (Å²) in [5.41, 5.74) is 5.69. The number of nitrogens with two attached hydrogens (primary N) is 1. The molecule has 1 aromatic rings.